The van der Waals surface area contributed by atoms with Crippen LogP contribution in [0.4, 0.5) is 4.79 Å². The molecule has 6 rings (SSSR count). The Morgan fingerprint density at radius 1 is 1.07 bits per heavy atom. The largest absolute Gasteiger partial charge is 0.484 e. The Balaban J connectivity index is 1.10. The number of thioether (sulfide) groups is 1. The van der Waals surface area contributed by atoms with Gasteiger partial charge in [-0.15, -0.1) is 0 Å². The molecule has 0 aromatic heterocycles. The Hall–Kier alpha value is -2.02. The highest BCUT2D eigenvalue weighted by Gasteiger charge is 2.51. The molecule has 160 valence electrons. The van der Waals surface area contributed by atoms with Crippen LogP contribution < -0.4 is 10.1 Å². The summed E-state index contributed by atoms with van der Waals surface area (Å²) in [5.41, 5.74) is 1.81. The maximum atomic E-state index is 12.0. The normalized spacial score (nSPS) is 32.0. The molecule has 0 spiro atoms. The zero-order valence-corrected chi connectivity index (χ0v) is 17.9. The van der Waals surface area contributed by atoms with Crippen LogP contribution >= 0.6 is 11.8 Å². The van der Waals surface area contributed by atoms with Gasteiger partial charge in [-0.25, -0.2) is 0 Å². The van der Waals surface area contributed by atoms with E-state index in [1.807, 2.05) is 12.1 Å². The van der Waals surface area contributed by atoms with Crippen molar-refractivity contribution in [2.45, 2.75) is 43.9 Å². The number of carbonyl (C=O) groups is 3. The third kappa shape index (κ3) is 3.84. The van der Waals surface area contributed by atoms with Crippen molar-refractivity contribution in [2.24, 2.45) is 17.8 Å². The number of hydrogen-bond donors (Lipinski definition) is 1. The first-order chi connectivity index (χ1) is 14.5. The number of amides is 3. The summed E-state index contributed by atoms with van der Waals surface area (Å²) in [6.07, 6.45) is 8.32. The van der Waals surface area contributed by atoms with Gasteiger partial charge in [-0.05, 0) is 79.4 Å². The highest BCUT2D eigenvalue weighted by Crippen LogP contribution is 2.60. The van der Waals surface area contributed by atoms with E-state index >= 15 is 0 Å². The lowest BCUT2D eigenvalue weighted by molar-refractivity contribution is -0.126. The molecular weight excluding hydrogens is 400 g/mol. The van der Waals surface area contributed by atoms with Crippen molar-refractivity contribution < 1.29 is 19.1 Å². The molecule has 0 unspecified atom stereocenters. The highest BCUT2D eigenvalue weighted by atomic mass is 32.2. The average Bonchev–Trinajstić information content (AvgIpc) is 3.04. The molecule has 1 aliphatic heterocycles. The van der Waals surface area contributed by atoms with Gasteiger partial charge in [-0.1, -0.05) is 23.9 Å². The molecule has 1 heterocycles. The molecule has 5 aliphatic rings. The lowest BCUT2D eigenvalue weighted by atomic mass is 9.48. The summed E-state index contributed by atoms with van der Waals surface area (Å²) in [4.78, 5) is 36.3. The predicted octanol–water partition coefficient (Wildman–Crippen LogP) is 3.34. The molecule has 1 saturated heterocycles. The molecule has 1 aromatic rings. The summed E-state index contributed by atoms with van der Waals surface area (Å²) in [5.74, 6) is 3.18. The van der Waals surface area contributed by atoms with Crippen molar-refractivity contribution in [2.75, 3.05) is 25.4 Å². The fourth-order valence-electron chi connectivity index (χ4n) is 6.47. The second kappa shape index (κ2) is 7.91. The summed E-state index contributed by atoms with van der Waals surface area (Å²) in [5, 5.41) is 2.46. The topological polar surface area (TPSA) is 75.7 Å². The van der Waals surface area contributed by atoms with E-state index in [1.54, 1.807) is 0 Å². The Morgan fingerprint density at radius 3 is 2.27 bits per heavy atom. The van der Waals surface area contributed by atoms with E-state index in [1.165, 1.54) is 49.0 Å². The van der Waals surface area contributed by atoms with Crippen LogP contribution in [0, 0.1) is 17.8 Å². The zero-order chi connectivity index (χ0) is 20.7. The maximum absolute atomic E-state index is 12.0. The Labute approximate surface area is 181 Å². The van der Waals surface area contributed by atoms with Crippen molar-refractivity contribution in [3.05, 3.63) is 29.8 Å². The molecular formula is C23H28N2O4S. The monoisotopic (exact) mass is 428 g/mol. The van der Waals surface area contributed by atoms with Crippen LogP contribution in [0.15, 0.2) is 24.3 Å². The van der Waals surface area contributed by atoms with Gasteiger partial charge in [-0.3, -0.25) is 19.3 Å². The molecule has 1 N–H and O–H groups in total. The first-order valence-electron chi connectivity index (χ1n) is 11.0. The molecule has 4 saturated carbocycles. The molecule has 5 fully saturated rings. The van der Waals surface area contributed by atoms with E-state index in [0.29, 0.717) is 11.2 Å². The lowest BCUT2D eigenvalue weighted by Crippen LogP contribution is -2.48. The van der Waals surface area contributed by atoms with Gasteiger partial charge in [0.2, 0.25) is 5.91 Å². The van der Waals surface area contributed by atoms with Crippen molar-refractivity contribution in [3.63, 3.8) is 0 Å². The van der Waals surface area contributed by atoms with Crippen LogP contribution in [-0.2, 0) is 15.0 Å². The fourth-order valence-corrected chi connectivity index (χ4v) is 7.22. The molecule has 0 atom stereocenters. The number of imide groups is 1. The average molecular weight is 429 g/mol. The van der Waals surface area contributed by atoms with E-state index in [4.69, 9.17) is 4.74 Å². The van der Waals surface area contributed by atoms with Crippen LogP contribution in [0.1, 0.15) is 44.1 Å². The van der Waals surface area contributed by atoms with Gasteiger partial charge < -0.3 is 10.1 Å². The third-order valence-corrected chi connectivity index (χ3v) is 8.23. The van der Waals surface area contributed by atoms with Crippen LogP contribution in [0.5, 0.6) is 5.75 Å². The Kier molecular flexibility index (Phi) is 5.25. The van der Waals surface area contributed by atoms with Crippen molar-refractivity contribution in [1.82, 2.24) is 10.2 Å². The van der Waals surface area contributed by atoms with Crippen LogP contribution in [0.3, 0.4) is 0 Å². The third-order valence-electron chi connectivity index (χ3n) is 7.37. The quantitative estimate of drug-likeness (QED) is 0.721. The smallest absolute Gasteiger partial charge is 0.288 e. The van der Waals surface area contributed by atoms with Crippen molar-refractivity contribution in [1.29, 1.82) is 0 Å². The number of hydrogen-bond acceptors (Lipinski definition) is 5. The summed E-state index contributed by atoms with van der Waals surface area (Å²) in [6.45, 7) is 0.370. The van der Waals surface area contributed by atoms with Gasteiger partial charge in [-0.2, -0.15) is 0 Å². The minimum Gasteiger partial charge on any atom is -0.484 e. The number of carbonyl (C=O) groups excluding carboxylic acids is 3. The van der Waals surface area contributed by atoms with Crippen molar-refractivity contribution in [3.8, 4) is 5.75 Å². The van der Waals surface area contributed by atoms with E-state index in [-0.39, 0.29) is 42.5 Å². The minimum absolute atomic E-state index is 0.0760. The number of nitrogens with one attached hydrogen (secondary N) is 1. The van der Waals surface area contributed by atoms with Gasteiger partial charge in [0.25, 0.3) is 11.1 Å². The van der Waals surface area contributed by atoms with E-state index in [0.717, 1.165) is 29.5 Å². The van der Waals surface area contributed by atoms with E-state index in [9.17, 15) is 14.4 Å². The van der Waals surface area contributed by atoms with Gasteiger partial charge >= 0.3 is 0 Å². The van der Waals surface area contributed by atoms with Crippen molar-refractivity contribution >= 4 is 28.8 Å². The lowest BCUT2D eigenvalue weighted by Gasteiger charge is -2.57. The van der Waals surface area contributed by atoms with Gasteiger partial charge in [0, 0.05) is 13.1 Å². The molecule has 30 heavy (non-hydrogen) atoms. The summed E-state index contributed by atoms with van der Waals surface area (Å²) >= 11 is 0.999. The summed E-state index contributed by atoms with van der Waals surface area (Å²) in [6, 6.07) is 8.37. The highest BCUT2D eigenvalue weighted by molar-refractivity contribution is 8.14. The molecule has 7 heteroatoms. The van der Waals surface area contributed by atoms with Crippen LogP contribution in [0.25, 0.3) is 0 Å². The standard InChI is InChI=1S/C23H28N2O4S/c26-20(24-5-6-25-21(27)14-30-22(25)28)13-29-19-3-1-18(2-4-19)23-10-15-7-16(11-23)9-17(8-15)12-23/h1-4,15-17H,5-14H2,(H,24,26). The minimum atomic E-state index is -0.257. The van der Waals surface area contributed by atoms with Crippen LogP contribution in [-0.4, -0.2) is 47.4 Å². The second-order valence-electron chi connectivity index (χ2n) is 9.46. The maximum Gasteiger partial charge on any atom is 0.288 e. The molecule has 1 aromatic carbocycles. The number of nitrogens with zero attached hydrogens (tertiary/aromatic N) is 1. The number of ether oxygens (including phenoxy) is 1. The molecule has 0 radical (unpaired) electrons. The van der Waals surface area contributed by atoms with E-state index < -0.39 is 0 Å². The SMILES string of the molecule is O=C(COc1ccc(C23CC4CC(CC(C4)C2)C3)cc1)NCCN1C(=O)CSC1=O. The predicted molar refractivity (Wildman–Crippen MR) is 114 cm³/mol. The number of rotatable bonds is 7. The molecule has 3 amide bonds. The molecule has 4 aliphatic carbocycles. The molecule has 4 bridgehead atoms. The van der Waals surface area contributed by atoms with Gasteiger partial charge in [0.15, 0.2) is 6.61 Å². The Morgan fingerprint density at radius 2 is 1.70 bits per heavy atom. The zero-order valence-electron chi connectivity index (χ0n) is 17.1. The summed E-state index contributed by atoms with van der Waals surface area (Å²) in [7, 11) is 0. The fraction of sp³-hybridized carbons (Fsp3) is 0.609. The Bertz CT molecular complexity index is 802. The second-order valence-corrected chi connectivity index (χ2v) is 10.4. The van der Waals surface area contributed by atoms with Gasteiger partial charge in [0.05, 0.1) is 5.75 Å². The first kappa shape index (κ1) is 19.9. The van der Waals surface area contributed by atoms with E-state index in [2.05, 4.69) is 17.4 Å². The van der Waals surface area contributed by atoms with Gasteiger partial charge in [0.1, 0.15) is 5.75 Å². The van der Waals surface area contributed by atoms with Crippen LogP contribution in [0.2, 0.25) is 0 Å². The first-order valence-corrected chi connectivity index (χ1v) is 12.0. The number of benzene rings is 1. The molecule has 6 nitrogen and oxygen atoms in total. The summed E-state index contributed by atoms with van der Waals surface area (Å²) < 4.78 is 5.64.